The summed E-state index contributed by atoms with van der Waals surface area (Å²) in [5, 5.41) is 0. The first-order chi connectivity index (χ1) is 10.0. The summed E-state index contributed by atoms with van der Waals surface area (Å²) in [5.41, 5.74) is 6.58. The van der Waals surface area contributed by atoms with Crippen LogP contribution in [0, 0.1) is 5.92 Å². The van der Waals surface area contributed by atoms with E-state index in [0.717, 1.165) is 24.8 Å². The summed E-state index contributed by atoms with van der Waals surface area (Å²) < 4.78 is 32.6. The molecular formula is C15H24N2O3S. The molecule has 118 valence electrons. The molecule has 6 heteroatoms. The van der Waals surface area contributed by atoms with Crippen LogP contribution in [-0.4, -0.2) is 34.2 Å². The molecule has 2 unspecified atom stereocenters. The average Bonchev–Trinajstić information content (AvgIpc) is 2.89. The first kappa shape index (κ1) is 16.4. The molecule has 0 amide bonds. The van der Waals surface area contributed by atoms with Crippen LogP contribution in [0.25, 0.3) is 0 Å². The highest BCUT2D eigenvalue weighted by Gasteiger charge is 2.26. The lowest BCUT2D eigenvalue weighted by Gasteiger charge is -2.15. The predicted octanol–water partition coefficient (Wildman–Crippen LogP) is 1.28. The van der Waals surface area contributed by atoms with Gasteiger partial charge in [0.1, 0.15) is 0 Å². The minimum Gasteiger partial charge on any atom is -0.378 e. The van der Waals surface area contributed by atoms with Gasteiger partial charge >= 0.3 is 0 Å². The van der Waals surface area contributed by atoms with E-state index in [-0.39, 0.29) is 12.0 Å². The molecule has 0 aromatic heterocycles. The van der Waals surface area contributed by atoms with Crippen molar-refractivity contribution in [3.63, 3.8) is 0 Å². The third-order valence-electron chi connectivity index (χ3n) is 3.97. The zero-order chi connectivity index (χ0) is 15.3. The Hall–Kier alpha value is -0.950. The number of rotatable bonds is 7. The number of nitrogens with two attached hydrogens (primary N) is 1. The zero-order valence-corrected chi connectivity index (χ0v) is 13.2. The molecule has 0 aliphatic carbocycles. The third kappa shape index (κ3) is 4.51. The molecule has 1 fully saturated rings. The van der Waals surface area contributed by atoms with Crippen LogP contribution >= 0.6 is 0 Å². The Labute approximate surface area is 126 Å². The third-order valence-corrected chi connectivity index (χ3v) is 5.41. The van der Waals surface area contributed by atoms with Crippen LogP contribution < -0.4 is 10.5 Å². The maximum atomic E-state index is 12.2. The fourth-order valence-corrected chi connectivity index (χ4v) is 3.58. The number of hydrogen-bond acceptors (Lipinski definition) is 4. The van der Waals surface area contributed by atoms with Crippen molar-refractivity contribution in [2.75, 3.05) is 19.7 Å². The molecular weight excluding hydrogens is 288 g/mol. The van der Waals surface area contributed by atoms with E-state index in [0.29, 0.717) is 24.6 Å². The fraction of sp³-hybridized carbons (Fsp3) is 0.600. The predicted molar refractivity (Wildman–Crippen MR) is 82.5 cm³/mol. The second-order valence-electron chi connectivity index (χ2n) is 5.51. The SMILES string of the molecule is CC1OCCC1CNS(=O)(=O)c1ccc(CCCN)cc1. The molecule has 1 aromatic carbocycles. The molecule has 1 heterocycles. The highest BCUT2D eigenvalue weighted by Crippen LogP contribution is 2.20. The van der Waals surface area contributed by atoms with Crippen molar-refractivity contribution in [3.8, 4) is 0 Å². The number of ether oxygens (including phenoxy) is 1. The lowest BCUT2D eigenvalue weighted by molar-refractivity contribution is 0.107. The van der Waals surface area contributed by atoms with Crippen molar-refractivity contribution in [1.29, 1.82) is 0 Å². The van der Waals surface area contributed by atoms with E-state index in [1.165, 1.54) is 0 Å². The van der Waals surface area contributed by atoms with Crippen LogP contribution in [0.3, 0.4) is 0 Å². The Kier molecular flexibility index (Phi) is 5.75. The topological polar surface area (TPSA) is 81.4 Å². The molecule has 2 rings (SSSR count). The minimum absolute atomic E-state index is 0.117. The van der Waals surface area contributed by atoms with Gasteiger partial charge in [-0.3, -0.25) is 0 Å². The van der Waals surface area contributed by atoms with Gasteiger partial charge in [-0.15, -0.1) is 0 Å². The fourth-order valence-electron chi connectivity index (χ4n) is 2.49. The van der Waals surface area contributed by atoms with Crippen LogP contribution in [0.5, 0.6) is 0 Å². The van der Waals surface area contributed by atoms with E-state index in [1.54, 1.807) is 12.1 Å². The van der Waals surface area contributed by atoms with Gasteiger partial charge in [0.2, 0.25) is 10.0 Å². The van der Waals surface area contributed by atoms with E-state index in [4.69, 9.17) is 10.5 Å². The quantitative estimate of drug-likeness (QED) is 0.795. The van der Waals surface area contributed by atoms with Crippen molar-refractivity contribution in [1.82, 2.24) is 4.72 Å². The average molecular weight is 312 g/mol. The smallest absolute Gasteiger partial charge is 0.240 e. The Bertz CT molecular complexity index is 543. The second-order valence-corrected chi connectivity index (χ2v) is 7.28. The van der Waals surface area contributed by atoms with Gasteiger partial charge in [-0.1, -0.05) is 12.1 Å². The van der Waals surface area contributed by atoms with Gasteiger partial charge in [-0.2, -0.15) is 0 Å². The first-order valence-corrected chi connectivity index (χ1v) is 8.91. The lowest BCUT2D eigenvalue weighted by atomic mass is 10.0. The molecule has 0 spiro atoms. The summed E-state index contributed by atoms with van der Waals surface area (Å²) in [4.78, 5) is 0.311. The Morgan fingerprint density at radius 3 is 2.62 bits per heavy atom. The van der Waals surface area contributed by atoms with Crippen LogP contribution in [0.15, 0.2) is 29.2 Å². The summed E-state index contributed by atoms with van der Waals surface area (Å²) in [5.74, 6) is 0.253. The number of benzene rings is 1. The summed E-state index contributed by atoms with van der Waals surface area (Å²) >= 11 is 0. The highest BCUT2D eigenvalue weighted by atomic mass is 32.2. The summed E-state index contributed by atoms with van der Waals surface area (Å²) in [6, 6.07) is 7.02. The van der Waals surface area contributed by atoms with Gasteiger partial charge in [0.05, 0.1) is 11.0 Å². The van der Waals surface area contributed by atoms with Gasteiger partial charge in [-0.25, -0.2) is 13.1 Å². The maximum Gasteiger partial charge on any atom is 0.240 e. The largest absolute Gasteiger partial charge is 0.378 e. The summed E-state index contributed by atoms with van der Waals surface area (Å²) in [6.45, 7) is 3.77. The number of aryl methyl sites for hydroxylation is 1. The van der Waals surface area contributed by atoms with Crippen molar-refractivity contribution in [2.24, 2.45) is 11.7 Å². The molecule has 0 saturated carbocycles. The lowest BCUT2D eigenvalue weighted by Crippen LogP contribution is -2.32. The van der Waals surface area contributed by atoms with E-state index in [1.807, 2.05) is 19.1 Å². The molecule has 1 aliphatic heterocycles. The number of nitrogens with one attached hydrogen (secondary N) is 1. The molecule has 2 atom stereocenters. The normalized spacial score (nSPS) is 22.6. The Morgan fingerprint density at radius 1 is 1.33 bits per heavy atom. The van der Waals surface area contributed by atoms with E-state index >= 15 is 0 Å². The highest BCUT2D eigenvalue weighted by molar-refractivity contribution is 7.89. The molecule has 3 N–H and O–H groups in total. The van der Waals surface area contributed by atoms with Gasteiger partial charge < -0.3 is 10.5 Å². The van der Waals surface area contributed by atoms with Crippen molar-refractivity contribution in [2.45, 2.75) is 37.2 Å². The maximum absolute atomic E-state index is 12.2. The van der Waals surface area contributed by atoms with Crippen LogP contribution in [0.4, 0.5) is 0 Å². The van der Waals surface area contributed by atoms with Crippen LogP contribution in [0.2, 0.25) is 0 Å². The van der Waals surface area contributed by atoms with Gasteiger partial charge in [0.15, 0.2) is 0 Å². The summed E-state index contributed by atoms with van der Waals surface area (Å²) in [6.07, 6.45) is 2.80. The first-order valence-electron chi connectivity index (χ1n) is 7.43. The van der Waals surface area contributed by atoms with E-state index in [2.05, 4.69) is 4.72 Å². The van der Waals surface area contributed by atoms with Gasteiger partial charge in [0.25, 0.3) is 0 Å². The standard InChI is InChI=1S/C15H24N2O3S/c1-12-14(8-10-20-12)11-17-21(18,19)15-6-4-13(5-7-15)3-2-9-16/h4-7,12,14,17H,2-3,8-11,16H2,1H3. The molecule has 0 radical (unpaired) electrons. The molecule has 0 bridgehead atoms. The molecule has 5 nitrogen and oxygen atoms in total. The molecule has 1 aromatic rings. The minimum atomic E-state index is -3.44. The zero-order valence-electron chi connectivity index (χ0n) is 12.4. The van der Waals surface area contributed by atoms with Gasteiger partial charge in [-0.05, 0) is 50.4 Å². The van der Waals surface area contributed by atoms with Crippen LogP contribution in [0.1, 0.15) is 25.3 Å². The van der Waals surface area contributed by atoms with Gasteiger partial charge in [0, 0.05) is 19.1 Å². The number of hydrogen-bond donors (Lipinski definition) is 2. The molecule has 1 aliphatic rings. The summed E-state index contributed by atoms with van der Waals surface area (Å²) in [7, 11) is -3.44. The molecule has 21 heavy (non-hydrogen) atoms. The number of sulfonamides is 1. The Balaban J connectivity index is 1.95. The second kappa shape index (κ2) is 7.35. The Morgan fingerprint density at radius 2 is 2.05 bits per heavy atom. The van der Waals surface area contributed by atoms with Crippen molar-refractivity contribution >= 4 is 10.0 Å². The molecule has 1 saturated heterocycles. The van der Waals surface area contributed by atoms with Crippen molar-refractivity contribution in [3.05, 3.63) is 29.8 Å². The van der Waals surface area contributed by atoms with E-state index < -0.39 is 10.0 Å². The monoisotopic (exact) mass is 312 g/mol. The van der Waals surface area contributed by atoms with Crippen molar-refractivity contribution < 1.29 is 13.2 Å². The van der Waals surface area contributed by atoms with E-state index in [9.17, 15) is 8.42 Å². The van der Waals surface area contributed by atoms with Crippen LogP contribution in [-0.2, 0) is 21.2 Å².